The lowest BCUT2D eigenvalue weighted by Gasteiger charge is -2.44. The van der Waals surface area contributed by atoms with Crippen molar-refractivity contribution in [1.82, 2.24) is 0 Å². The minimum absolute atomic E-state index is 0.211. The van der Waals surface area contributed by atoms with Gasteiger partial charge in [0.05, 0.1) is 39.6 Å². The monoisotopic (exact) mass is 272 g/mol. The summed E-state index contributed by atoms with van der Waals surface area (Å²) in [6, 6.07) is 0. The molecule has 2 aliphatic heterocycles. The second-order valence-corrected chi connectivity index (χ2v) is 6.67. The van der Waals surface area contributed by atoms with E-state index in [2.05, 4.69) is 13.8 Å². The molecule has 0 unspecified atom stereocenters. The van der Waals surface area contributed by atoms with Gasteiger partial charge in [0.15, 0.2) is 5.79 Å². The smallest absolute Gasteiger partial charge is 0.162 e. The van der Waals surface area contributed by atoms with Gasteiger partial charge >= 0.3 is 0 Å². The van der Waals surface area contributed by atoms with Gasteiger partial charge in [-0.25, -0.2) is 0 Å². The summed E-state index contributed by atoms with van der Waals surface area (Å²) in [5, 5.41) is 0. The van der Waals surface area contributed by atoms with Crippen LogP contribution in [0.3, 0.4) is 0 Å². The Labute approximate surface area is 116 Å². The maximum Gasteiger partial charge on any atom is 0.162 e. The van der Waals surface area contributed by atoms with Gasteiger partial charge in [-0.3, -0.25) is 0 Å². The Hall–Kier alpha value is -0.160. The molecule has 4 nitrogen and oxygen atoms in total. The molecule has 2 saturated heterocycles. The summed E-state index contributed by atoms with van der Waals surface area (Å²) >= 11 is 0. The lowest BCUT2D eigenvalue weighted by Crippen LogP contribution is -2.50. The average Bonchev–Trinajstić information content (AvgIpc) is 2.27. The van der Waals surface area contributed by atoms with E-state index in [0.29, 0.717) is 13.2 Å². The van der Waals surface area contributed by atoms with Crippen LogP contribution in [0.1, 0.15) is 40.5 Å². The topological polar surface area (TPSA) is 36.9 Å². The Kier molecular flexibility index (Phi) is 4.56. The third-order valence-corrected chi connectivity index (χ3v) is 4.58. The van der Waals surface area contributed by atoms with Crippen LogP contribution in [0.25, 0.3) is 0 Å². The molecule has 2 fully saturated rings. The fourth-order valence-electron chi connectivity index (χ4n) is 2.26. The molecule has 4 heteroatoms. The highest BCUT2D eigenvalue weighted by molar-refractivity contribution is 4.86. The van der Waals surface area contributed by atoms with Crippen LogP contribution in [0, 0.1) is 10.8 Å². The molecule has 2 aliphatic rings. The number of hydrogen-bond donors (Lipinski definition) is 0. The summed E-state index contributed by atoms with van der Waals surface area (Å²) in [5.74, 6) is -0.532. The number of hydrogen-bond acceptors (Lipinski definition) is 4. The zero-order valence-electron chi connectivity index (χ0n) is 12.8. The van der Waals surface area contributed by atoms with Crippen LogP contribution in [0.2, 0.25) is 0 Å². The van der Waals surface area contributed by atoms with Crippen molar-refractivity contribution < 1.29 is 18.9 Å². The van der Waals surface area contributed by atoms with Crippen LogP contribution in [-0.2, 0) is 18.9 Å². The highest BCUT2D eigenvalue weighted by Gasteiger charge is 2.41. The van der Waals surface area contributed by atoms with Crippen molar-refractivity contribution in [2.45, 2.75) is 46.3 Å². The maximum atomic E-state index is 5.99. The summed E-state index contributed by atoms with van der Waals surface area (Å²) in [7, 11) is 0. The molecule has 0 saturated carbocycles. The Bertz CT molecular complexity index is 254. The van der Waals surface area contributed by atoms with Crippen LogP contribution in [0.5, 0.6) is 0 Å². The number of rotatable bonds is 8. The quantitative estimate of drug-likeness (QED) is 0.636. The molecule has 0 bridgehead atoms. The van der Waals surface area contributed by atoms with Gasteiger partial charge in [-0.1, -0.05) is 13.8 Å². The lowest BCUT2D eigenvalue weighted by atomic mass is 9.84. The minimum Gasteiger partial charge on any atom is -0.380 e. The third kappa shape index (κ3) is 3.48. The van der Waals surface area contributed by atoms with Gasteiger partial charge in [0.25, 0.3) is 0 Å². The Morgan fingerprint density at radius 3 is 1.42 bits per heavy atom. The van der Waals surface area contributed by atoms with E-state index in [-0.39, 0.29) is 10.8 Å². The van der Waals surface area contributed by atoms with E-state index in [4.69, 9.17) is 18.9 Å². The van der Waals surface area contributed by atoms with Crippen LogP contribution >= 0.6 is 0 Å². The SMILES string of the molecule is CCC1(COC(C)(C)OCC2(CC)COC2)COC1. The van der Waals surface area contributed by atoms with Gasteiger partial charge < -0.3 is 18.9 Å². The molecule has 19 heavy (non-hydrogen) atoms. The van der Waals surface area contributed by atoms with Crippen molar-refractivity contribution in [3.63, 3.8) is 0 Å². The first kappa shape index (κ1) is 15.2. The molecule has 0 spiro atoms. The van der Waals surface area contributed by atoms with E-state index in [9.17, 15) is 0 Å². The molecule has 2 heterocycles. The molecular formula is C15H28O4. The van der Waals surface area contributed by atoms with E-state index in [1.54, 1.807) is 0 Å². The van der Waals surface area contributed by atoms with Gasteiger partial charge in [-0.2, -0.15) is 0 Å². The zero-order chi connectivity index (χ0) is 14.0. The molecule has 0 aromatic heterocycles. The van der Waals surface area contributed by atoms with Gasteiger partial charge in [0, 0.05) is 10.8 Å². The highest BCUT2D eigenvalue weighted by atomic mass is 16.7. The molecule has 0 aromatic carbocycles. The minimum atomic E-state index is -0.532. The van der Waals surface area contributed by atoms with Crippen LogP contribution in [-0.4, -0.2) is 45.4 Å². The number of ether oxygens (including phenoxy) is 4. The Morgan fingerprint density at radius 2 is 1.21 bits per heavy atom. The second-order valence-electron chi connectivity index (χ2n) is 6.67. The van der Waals surface area contributed by atoms with Crippen molar-refractivity contribution in [3.8, 4) is 0 Å². The largest absolute Gasteiger partial charge is 0.380 e. The average molecular weight is 272 g/mol. The predicted octanol–water partition coefficient (Wildman–Crippen LogP) is 2.61. The van der Waals surface area contributed by atoms with E-state index >= 15 is 0 Å². The molecule has 0 radical (unpaired) electrons. The first-order chi connectivity index (χ1) is 8.95. The van der Waals surface area contributed by atoms with Crippen LogP contribution in [0.15, 0.2) is 0 Å². The van der Waals surface area contributed by atoms with Crippen molar-refractivity contribution in [2.24, 2.45) is 10.8 Å². The summed E-state index contributed by atoms with van der Waals surface area (Å²) in [6.45, 7) is 13.1. The van der Waals surface area contributed by atoms with E-state index in [1.165, 1.54) is 0 Å². The van der Waals surface area contributed by atoms with Crippen LogP contribution < -0.4 is 0 Å². The van der Waals surface area contributed by atoms with E-state index in [0.717, 1.165) is 39.3 Å². The maximum absolute atomic E-state index is 5.99. The molecular weight excluding hydrogens is 244 g/mol. The van der Waals surface area contributed by atoms with Crippen molar-refractivity contribution in [1.29, 1.82) is 0 Å². The van der Waals surface area contributed by atoms with E-state index in [1.807, 2.05) is 13.8 Å². The van der Waals surface area contributed by atoms with Gasteiger partial charge in [-0.05, 0) is 26.7 Å². The highest BCUT2D eigenvalue weighted by Crippen LogP contribution is 2.35. The lowest BCUT2D eigenvalue weighted by molar-refractivity contribution is -0.276. The molecule has 0 aromatic rings. The zero-order valence-corrected chi connectivity index (χ0v) is 12.8. The molecule has 0 amide bonds. The first-order valence-corrected chi connectivity index (χ1v) is 7.38. The van der Waals surface area contributed by atoms with Gasteiger partial charge in [0.1, 0.15) is 0 Å². The van der Waals surface area contributed by atoms with E-state index < -0.39 is 5.79 Å². The van der Waals surface area contributed by atoms with Gasteiger partial charge in [-0.15, -0.1) is 0 Å². The summed E-state index contributed by atoms with van der Waals surface area (Å²) in [4.78, 5) is 0. The standard InChI is InChI=1S/C15H28O4/c1-5-14(7-16-8-14)11-18-13(3,4)19-12-15(6-2)9-17-10-15/h5-12H2,1-4H3. The Balaban J connectivity index is 1.75. The summed E-state index contributed by atoms with van der Waals surface area (Å²) in [6.07, 6.45) is 2.19. The molecule has 0 atom stereocenters. The van der Waals surface area contributed by atoms with Gasteiger partial charge in [0.2, 0.25) is 0 Å². The summed E-state index contributed by atoms with van der Waals surface area (Å²) < 4.78 is 22.6. The third-order valence-electron chi connectivity index (χ3n) is 4.58. The first-order valence-electron chi connectivity index (χ1n) is 7.38. The van der Waals surface area contributed by atoms with Crippen LogP contribution in [0.4, 0.5) is 0 Å². The second kappa shape index (κ2) is 5.68. The molecule has 112 valence electrons. The van der Waals surface area contributed by atoms with Crippen molar-refractivity contribution >= 4 is 0 Å². The van der Waals surface area contributed by atoms with Crippen molar-refractivity contribution in [3.05, 3.63) is 0 Å². The fraction of sp³-hybridized carbons (Fsp3) is 1.00. The summed E-state index contributed by atoms with van der Waals surface area (Å²) in [5.41, 5.74) is 0.422. The Morgan fingerprint density at radius 1 is 0.842 bits per heavy atom. The van der Waals surface area contributed by atoms with Crippen molar-refractivity contribution in [2.75, 3.05) is 39.6 Å². The molecule has 0 N–H and O–H groups in total. The fourth-order valence-corrected chi connectivity index (χ4v) is 2.26. The molecule has 2 rings (SSSR count). The predicted molar refractivity (Wildman–Crippen MR) is 73.1 cm³/mol. The molecule has 0 aliphatic carbocycles. The normalized spacial score (nSPS) is 24.6.